The van der Waals surface area contributed by atoms with E-state index in [1.807, 2.05) is 19.2 Å². The zero-order valence-electron chi connectivity index (χ0n) is 18.4. The molecule has 0 aromatic heterocycles. The molecule has 2 aromatic carbocycles. The summed E-state index contributed by atoms with van der Waals surface area (Å²) >= 11 is 0. The molecule has 0 bridgehead atoms. The number of hydrogen-bond donors (Lipinski definition) is 1. The maximum Gasteiger partial charge on any atom is 0.191 e. The van der Waals surface area contributed by atoms with Crippen LogP contribution in [-0.4, -0.2) is 28.5 Å². The molecule has 28 heavy (non-hydrogen) atoms. The molecule has 0 spiro atoms. The minimum absolute atomic E-state index is 0.0485. The highest BCUT2D eigenvalue weighted by Crippen LogP contribution is 2.36. The number of benzene rings is 2. The molecule has 2 rings (SSSR count). The lowest BCUT2D eigenvalue weighted by Crippen LogP contribution is -2.41. The van der Waals surface area contributed by atoms with Gasteiger partial charge in [-0.3, -0.25) is 0 Å². The molecule has 0 heterocycles. The SMILES string of the molecule is CNCCC(Oc1cccc(CCO[Si](C)(C)C(C)(C)C)c1)c1ccccc1. The van der Waals surface area contributed by atoms with Gasteiger partial charge in [-0.1, -0.05) is 63.2 Å². The molecule has 0 fully saturated rings. The number of rotatable bonds is 10. The summed E-state index contributed by atoms with van der Waals surface area (Å²) in [7, 11) is 0.281. The minimum Gasteiger partial charge on any atom is -0.486 e. The number of ether oxygens (including phenoxy) is 1. The summed E-state index contributed by atoms with van der Waals surface area (Å²) in [6.45, 7) is 13.1. The smallest absolute Gasteiger partial charge is 0.191 e. The average Bonchev–Trinajstić information content (AvgIpc) is 2.65. The van der Waals surface area contributed by atoms with Crippen LogP contribution in [0.5, 0.6) is 5.75 Å². The maximum absolute atomic E-state index is 6.37. The summed E-state index contributed by atoms with van der Waals surface area (Å²) in [5.74, 6) is 0.926. The van der Waals surface area contributed by atoms with Crippen molar-refractivity contribution < 1.29 is 9.16 Å². The van der Waals surface area contributed by atoms with E-state index in [0.717, 1.165) is 31.7 Å². The Kier molecular flexibility index (Phi) is 8.29. The molecule has 1 N–H and O–H groups in total. The van der Waals surface area contributed by atoms with Crippen LogP contribution in [0.15, 0.2) is 54.6 Å². The van der Waals surface area contributed by atoms with Crippen molar-refractivity contribution in [1.82, 2.24) is 5.32 Å². The zero-order chi connectivity index (χ0) is 20.6. The van der Waals surface area contributed by atoms with Crippen LogP contribution in [0.2, 0.25) is 18.1 Å². The Hall–Kier alpha value is -1.62. The first kappa shape index (κ1) is 22.7. The van der Waals surface area contributed by atoms with E-state index in [1.54, 1.807) is 0 Å². The predicted molar refractivity (Wildman–Crippen MR) is 122 cm³/mol. The summed E-state index contributed by atoms with van der Waals surface area (Å²) in [5, 5.41) is 3.47. The van der Waals surface area contributed by atoms with Gasteiger partial charge in [0, 0.05) is 13.0 Å². The van der Waals surface area contributed by atoms with Gasteiger partial charge in [0.15, 0.2) is 8.32 Å². The zero-order valence-corrected chi connectivity index (χ0v) is 19.4. The van der Waals surface area contributed by atoms with E-state index < -0.39 is 8.32 Å². The van der Waals surface area contributed by atoms with E-state index >= 15 is 0 Å². The Morgan fingerprint density at radius 2 is 1.71 bits per heavy atom. The summed E-state index contributed by atoms with van der Waals surface area (Å²) in [5.41, 5.74) is 2.47. The van der Waals surface area contributed by atoms with Gasteiger partial charge in [-0.25, -0.2) is 0 Å². The summed E-state index contributed by atoms with van der Waals surface area (Å²) in [6.07, 6.45) is 1.89. The molecule has 0 amide bonds. The van der Waals surface area contributed by atoms with E-state index in [-0.39, 0.29) is 11.1 Å². The topological polar surface area (TPSA) is 30.5 Å². The molecule has 0 aliphatic rings. The lowest BCUT2D eigenvalue weighted by molar-refractivity contribution is 0.194. The first-order chi connectivity index (χ1) is 13.2. The van der Waals surface area contributed by atoms with Crippen molar-refractivity contribution in [3.8, 4) is 5.75 Å². The van der Waals surface area contributed by atoms with Crippen molar-refractivity contribution in [3.05, 3.63) is 65.7 Å². The molecule has 0 radical (unpaired) electrons. The molecule has 0 aliphatic carbocycles. The van der Waals surface area contributed by atoms with Gasteiger partial charge in [-0.2, -0.15) is 0 Å². The van der Waals surface area contributed by atoms with E-state index in [1.165, 1.54) is 11.1 Å². The van der Waals surface area contributed by atoms with Crippen LogP contribution in [0, 0.1) is 0 Å². The van der Waals surface area contributed by atoms with Crippen LogP contribution in [0.25, 0.3) is 0 Å². The third kappa shape index (κ3) is 6.76. The van der Waals surface area contributed by atoms with E-state index in [2.05, 4.69) is 81.6 Å². The van der Waals surface area contributed by atoms with E-state index in [9.17, 15) is 0 Å². The number of nitrogens with one attached hydrogen (secondary N) is 1. The predicted octanol–water partition coefficient (Wildman–Crippen LogP) is 5.98. The third-order valence-electron chi connectivity index (χ3n) is 5.66. The molecule has 0 saturated carbocycles. The van der Waals surface area contributed by atoms with Crippen LogP contribution < -0.4 is 10.1 Å². The van der Waals surface area contributed by atoms with Gasteiger partial charge in [0.25, 0.3) is 0 Å². The lowest BCUT2D eigenvalue weighted by Gasteiger charge is -2.36. The standard InChI is InChI=1S/C24H37NO2Si/c1-24(2,3)28(5,6)26-18-16-20-11-10-14-22(19-20)27-23(15-17-25-4)21-12-8-7-9-13-21/h7-14,19,23,25H,15-18H2,1-6H3. The molecule has 0 saturated heterocycles. The van der Waals surface area contributed by atoms with Gasteiger partial charge in [0.1, 0.15) is 11.9 Å². The fraction of sp³-hybridized carbons (Fsp3) is 0.500. The quantitative estimate of drug-likeness (QED) is 0.498. The second-order valence-electron chi connectivity index (χ2n) is 8.92. The van der Waals surface area contributed by atoms with Gasteiger partial charge in [0.2, 0.25) is 0 Å². The fourth-order valence-corrected chi connectivity index (χ4v) is 3.86. The largest absolute Gasteiger partial charge is 0.486 e. The summed E-state index contributed by atoms with van der Waals surface area (Å²) in [4.78, 5) is 0. The number of hydrogen-bond acceptors (Lipinski definition) is 3. The lowest BCUT2D eigenvalue weighted by atomic mass is 10.1. The van der Waals surface area contributed by atoms with Crippen molar-refractivity contribution in [2.45, 2.75) is 57.8 Å². The first-order valence-corrected chi connectivity index (χ1v) is 13.2. The van der Waals surface area contributed by atoms with Crippen molar-refractivity contribution >= 4 is 8.32 Å². The molecule has 154 valence electrons. The Balaban J connectivity index is 2.01. The van der Waals surface area contributed by atoms with Gasteiger partial charge in [-0.05, 0) is 61.4 Å². The van der Waals surface area contributed by atoms with E-state index in [0.29, 0.717) is 0 Å². The highest BCUT2D eigenvalue weighted by atomic mass is 28.4. The Bertz CT molecular complexity index is 710. The van der Waals surface area contributed by atoms with Gasteiger partial charge >= 0.3 is 0 Å². The Morgan fingerprint density at radius 3 is 2.36 bits per heavy atom. The summed E-state index contributed by atoms with van der Waals surface area (Å²) in [6, 6.07) is 18.9. The van der Waals surface area contributed by atoms with Gasteiger partial charge in [-0.15, -0.1) is 0 Å². The van der Waals surface area contributed by atoms with Crippen LogP contribution in [0.4, 0.5) is 0 Å². The van der Waals surface area contributed by atoms with Crippen molar-refractivity contribution in [3.63, 3.8) is 0 Å². The van der Waals surface area contributed by atoms with Crippen molar-refractivity contribution in [1.29, 1.82) is 0 Å². The monoisotopic (exact) mass is 399 g/mol. The molecule has 2 aromatic rings. The molecular weight excluding hydrogens is 362 g/mol. The van der Waals surface area contributed by atoms with Crippen LogP contribution >= 0.6 is 0 Å². The second kappa shape index (κ2) is 10.2. The normalized spacial score (nSPS) is 13.4. The Morgan fingerprint density at radius 1 is 1.00 bits per heavy atom. The molecule has 1 unspecified atom stereocenters. The van der Waals surface area contributed by atoms with Crippen LogP contribution in [0.1, 0.15) is 44.4 Å². The third-order valence-corrected chi connectivity index (χ3v) is 10.2. The summed E-state index contributed by atoms with van der Waals surface area (Å²) < 4.78 is 12.7. The van der Waals surface area contributed by atoms with Crippen molar-refractivity contribution in [2.75, 3.05) is 20.2 Å². The maximum atomic E-state index is 6.37. The molecule has 3 nitrogen and oxygen atoms in total. The van der Waals surface area contributed by atoms with Crippen LogP contribution in [-0.2, 0) is 10.8 Å². The molecule has 4 heteroatoms. The van der Waals surface area contributed by atoms with Crippen LogP contribution in [0.3, 0.4) is 0 Å². The minimum atomic E-state index is -1.70. The highest BCUT2D eigenvalue weighted by Gasteiger charge is 2.36. The molecular formula is C24H37NO2Si. The second-order valence-corrected chi connectivity index (χ2v) is 13.7. The first-order valence-electron chi connectivity index (χ1n) is 10.3. The van der Waals surface area contributed by atoms with Gasteiger partial charge < -0.3 is 14.5 Å². The average molecular weight is 400 g/mol. The highest BCUT2D eigenvalue weighted by molar-refractivity contribution is 6.74. The molecule has 0 aliphatic heterocycles. The Labute approximate surface area is 172 Å². The van der Waals surface area contributed by atoms with Gasteiger partial charge in [0.05, 0.1) is 0 Å². The molecule has 1 atom stereocenters. The fourth-order valence-electron chi connectivity index (χ4n) is 2.82. The van der Waals surface area contributed by atoms with Crippen molar-refractivity contribution in [2.24, 2.45) is 0 Å². The van der Waals surface area contributed by atoms with E-state index in [4.69, 9.17) is 9.16 Å².